The Kier molecular flexibility index (Phi) is 1.69. The fourth-order valence-electron chi connectivity index (χ4n) is 2.59. The Morgan fingerprint density at radius 3 is 2.53 bits per heavy atom. The van der Waals surface area contributed by atoms with Crippen LogP contribution in [0.2, 0.25) is 0 Å². The first-order chi connectivity index (χ1) is 7.33. The van der Waals surface area contributed by atoms with Gasteiger partial charge in [0.2, 0.25) is 5.69 Å². The van der Waals surface area contributed by atoms with Gasteiger partial charge in [-0.3, -0.25) is 0 Å². The Labute approximate surface area is 89.7 Å². The van der Waals surface area contributed by atoms with Gasteiger partial charge < -0.3 is 0 Å². The maximum atomic E-state index is 2.32. The third kappa shape index (κ3) is 1.01. The van der Waals surface area contributed by atoms with Gasteiger partial charge in [-0.1, -0.05) is 31.2 Å². The van der Waals surface area contributed by atoms with Crippen LogP contribution < -0.4 is 0 Å². The molecule has 1 aliphatic rings. The molecule has 0 radical (unpaired) electrons. The van der Waals surface area contributed by atoms with Crippen molar-refractivity contribution < 1.29 is 4.58 Å². The van der Waals surface area contributed by atoms with Crippen molar-refractivity contribution in [2.24, 2.45) is 0 Å². The summed E-state index contributed by atoms with van der Waals surface area (Å²) in [5, 5.41) is 2.76. The summed E-state index contributed by atoms with van der Waals surface area (Å²) in [5.74, 6) is 0. The maximum Gasteiger partial charge on any atom is 0.213 e. The van der Waals surface area contributed by atoms with Gasteiger partial charge in [0.05, 0.1) is 10.9 Å². The highest BCUT2D eigenvalue weighted by molar-refractivity contribution is 6.15. The normalized spacial score (nSPS) is 14.0. The monoisotopic (exact) mass is 196 g/mol. The summed E-state index contributed by atoms with van der Waals surface area (Å²) >= 11 is 0. The summed E-state index contributed by atoms with van der Waals surface area (Å²) in [6.45, 7) is 2.22. The van der Waals surface area contributed by atoms with Crippen molar-refractivity contribution in [3.63, 3.8) is 0 Å². The second-order valence-electron chi connectivity index (χ2n) is 4.04. The largest absolute Gasteiger partial charge is 0.213 e. The Morgan fingerprint density at radius 1 is 1.07 bits per heavy atom. The summed E-state index contributed by atoms with van der Waals surface area (Å²) < 4.78 is 2.32. The van der Waals surface area contributed by atoms with Crippen LogP contribution in [0.25, 0.3) is 10.8 Å². The molecule has 0 fully saturated rings. The Morgan fingerprint density at radius 2 is 1.80 bits per heavy atom. The van der Waals surface area contributed by atoms with E-state index in [9.17, 15) is 0 Å². The Hall–Kier alpha value is -1.63. The van der Waals surface area contributed by atoms with E-state index in [4.69, 9.17) is 0 Å². The lowest BCUT2D eigenvalue weighted by Gasteiger charge is -1.96. The number of hydrogen-bond acceptors (Lipinski definition) is 0. The quantitative estimate of drug-likeness (QED) is 0.615. The van der Waals surface area contributed by atoms with Gasteiger partial charge in [-0.25, -0.2) is 0 Å². The highest BCUT2D eigenvalue weighted by Crippen LogP contribution is 2.34. The Bertz CT molecular complexity index is 574. The molecule has 74 valence electrons. The van der Waals surface area contributed by atoms with Crippen LogP contribution in [0.5, 0.6) is 0 Å². The molecule has 0 amide bonds. The molecule has 1 heterocycles. The van der Waals surface area contributed by atoms with Crippen LogP contribution in [0.3, 0.4) is 0 Å². The van der Waals surface area contributed by atoms with E-state index in [-0.39, 0.29) is 0 Å². The predicted octanol–water partition coefficient (Wildman–Crippen LogP) is 3.33. The molecule has 0 N–H and O–H groups in total. The molecule has 15 heavy (non-hydrogen) atoms. The van der Waals surface area contributed by atoms with Crippen molar-refractivity contribution in [2.75, 3.05) is 7.05 Å². The molecule has 2 aromatic rings. The molecule has 2 aromatic carbocycles. The molecule has 0 bridgehead atoms. The van der Waals surface area contributed by atoms with E-state index < -0.39 is 0 Å². The number of benzene rings is 2. The number of nitrogens with zero attached hydrogens (tertiary/aromatic N) is 1. The molecule has 3 rings (SSSR count). The molecular formula is C14H14N+. The molecule has 0 aromatic heterocycles. The summed E-state index contributed by atoms with van der Waals surface area (Å²) in [6, 6.07) is 13.1. The minimum Gasteiger partial charge on any atom is -0.198 e. The third-order valence-corrected chi connectivity index (χ3v) is 3.29. The van der Waals surface area contributed by atoms with Gasteiger partial charge in [-0.05, 0) is 11.5 Å². The lowest BCUT2D eigenvalue weighted by molar-refractivity contribution is -0.401. The zero-order valence-corrected chi connectivity index (χ0v) is 9.12. The van der Waals surface area contributed by atoms with E-state index in [1.165, 1.54) is 27.7 Å². The fraction of sp³-hybridized carbons (Fsp3) is 0.214. The van der Waals surface area contributed by atoms with Crippen molar-refractivity contribution in [3.8, 4) is 0 Å². The number of hydrogen-bond donors (Lipinski definition) is 0. The van der Waals surface area contributed by atoms with Crippen LogP contribution in [-0.4, -0.2) is 17.3 Å². The molecule has 1 aliphatic heterocycles. The van der Waals surface area contributed by atoms with Crippen LogP contribution in [0.1, 0.15) is 18.9 Å². The first-order valence-corrected chi connectivity index (χ1v) is 5.44. The third-order valence-electron chi connectivity index (χ3n) is 3.29. The topological polar surface area (TPSA) is 3.01 Å². The molecule has 0 spiro atoms. The molecule has 0 aliphatic carbocycles. The average molecular weight is 196 g/mol. The van der Waals surface area contributed by atoms with E-state index in [0.717, 1.165) is 6.42 Å². The van der Waals surface area contributed by atoms with Gasteiger partial charge >= 0.3 is 0 Å². The van der Waals surface area contributed by atoms with Crippen molar-refractivity contribution in [1.82, 2.24) is 0 Å². The average Bonchev–Trinajstić information content (AvgIpc) is 2.55. The second-order valence-corrected chi connectivity index (χ2v) is 4.04. The van der Waals surface area contributed by atoms with Crippen molar-refractivity contribution in [3.05, 3.63) is 42.0 Å². The smallest absolute Gasteiger partial charge is 0.198 e. The van der Waals surface area contributed by atoms with E-state index in [1.807, 2.05) is 0 Å². The van der Waals surface area contributed by atoms with E-state index >= 15 is 0 Å². The van der Waals surface area contributed by atoms with E-state index in [1.54, 1.807) is 0 Å². The summed E-state index contributed by atoms with van der Waals surface area (Å²) in [4.78, 5) is 0. The molecule has 0 atom stereocenters. The molecule has 1 heteroatoms. The van der Waals surface area contributed by atoms with Crippen LogP contribution in [0, 0.1) is 0 Å². The van der Waals surface area contributed by atoms with Crippen molar-refractivity contribution in [2.45, 2.75) is 13.3 Å². The van der Waals surface area contributed by atoms with Crippen LogP contribution in [-0.2, 0) is 0 Å². The first-order valence-electron chi connectivity index (χ1n) is 5.44. The summed E-state index contributed by atoms with van der Waals surface area (Å²) in [6.07, 6.45) is 1.09. The minimum absolute atomic E-state index is 1.09. The minimum atomic E-state index is 1.09. The first kappa shape index (κ1) is 8.66. The van der Waals surface area contributed by atoms with Gasteiger partial charge in [0.25, 0.3) is 0 Å². The standard InChI is InChI=1S/C14H14N/c1-3-12-11-8-4-6-10-7-5-9-13(14(10)11)15(12)2/h4-9H,3H2,1-2H3/q+1. The van der Waals surface area contributed by atoms with Gasteiger partial charge in [-0.15, -0.1) is 0 Å². The van der Waals surface area contributed by atoms with Gasteiger partial charge in [0.15, 0.2) is 5.71 Å². The van der Waals surface area contributed by atoms with Gasteiger partial charge in [0, 0.05) is 12.5 Å². The lowest BCUT2D eigenvalue weighted by Crippen LogP contribution is -2.07. The zero-order chi connectivity index (χ0) is 10.4. The van der Waals surface area contributed by atoms with Crippen molar-refractivity contribution in [1.29, 1.82) is 0 Å². The zero-order valence-electron chi connectivity index (χ0n) is 9.12. The van der Waals surface area contributed by atoms with Gasteiger partial charge in [-0.2, -0.15) is 4.58 Å². The van der Waals surface area contributed by atoms with E-state index in [2.05, 4.69) is 54.9 Å². The highest BCUT2D eigenvalue weighted by Gasteiger charge is 2.27. The van der Waals surface area contributed by atoms with Gasteiger partial charge in [0.1, 0.15) is 7.05 Å². The SMILES string of the molecule is CCC1=[N+](C)c2cccc3cccc1c23. The molecule has 1 nitrogen and oxygen atoms in total. The van der Waals surface area contributed by atoms with Crippen LogP contribution >= 0.6 is 0 Å². The number of rotatable bonds is 1. The van der Waals surface area contributed by atoms with Crippen LogP contribution in [0.15, 0.2) is 36.4 Å². The summed E-state index contributed by atoms with van der Waals surface area (Å²) in [7, 11) is 2.16. The fourth-order valence-corrected chi connectivity index (χ4v) is 2.59. The molecule has 0 saturated heterocycles. The molecule has 0 unspecified atom stereocenters. The molecule has 0 saturated carbocycles. The lowest BCUT2D eigenvalue weighted by atomic mass is 10.0. The predicted molar refractivity (Wildman–Crippen MR) is 64.2 cm³/mol. The highest BCUT2D eigenvalue weighted by atomic mass is 15.0. The Balaban J connectivity index is 2.50. The maximum absolute atomic E-state index is 2.32. The molecular weight excluding hydrogens is 182 g/mol. The summed E-state index contributed by atoms with van der Waals surface area (Å²) in [5.41, 5.74) is 4.19. The second kappa shape index (κ2) is 2.93. The van der Waals surface area contributed by atoms with Crippen LogP contribution in [0.4, 0.5) is 5.69 Å². The van der Waals surface area contributed by atoms with Crippen molar-refractivity contribution >= 4 is 22.2 Å². The van der Waals surface area contributed by atoms with E-state index in [0.29, 0.717) is 0 Å².